The summed E-state index contributed by atoms with van der Waals surface area (Å²) in [6.45, 7) is 0. The van der Waals surface area contributed by atoms with E-state index in [9.17, 15) is 4.39 Å². The zero-order chi connectivity index (χ0) is 17.3. The van der Waals surface area contributed by atoms with Crippen LogP contribution >= 0.6 is 54.3 Å². The minimum Gasteiger partial charge on any atom is -0.207 e. The van der Waals surface area contributed by atoms with Crippen molar-refractivity contribution in [3.05, 3.63) is 86.6 Å². The maximum absolute atomic E-state index is 13.3. The van der Waals surface area contributed by atoms with Crippen LogP contribution in [0.1, 0.15) is 0 Å². The standard InChI is InChI=1S/C18H10Cl4FP/c19-15-7-5-13(9-17(15)21)24(12-3-1-11(23)2-4-12)14-6-8-16(20)18(22)10-14/h1-10H. The van der Waals surface area contributed by atoms with Gasteiger partial charge in [-0.2, -0.15) is 0 Å². The van der Waals surface area contributed by atoms with Crippen molar-refractivity contribution in [2.75, 3.05) is 0 Å². The number of hydrogen-bond donors (Lipinski definition) is 0. The van der Waals surface area contributed by atoms with Gasteiger partial charge in [-0.25, -0.2) is 4.39 Å². The van der Waals surface area contributed by atoms with E-state index < -0.39 is 7.92 Å². The second kappa shape index (κ2) is 7.60. The minimum absolute atomic E-state index is 0.281. The maximum Gasteiger partial charge on any atom is 0.123 e. The van der Waals surface area contributed by atoms with Crippen LogP contribution in [0, 0.1) is 5.82 Å². The van der Waals surface area contributed by atoms with E-state index in [4.69, 9.17) is 46.4 Å². The predicted molar refractivity (Wildman–Crippen MR) is 105 cm³/mol. The van der Waals surface area contributed by atoms with Crippen LogP contribution in [0.5, 0.6) is 0 Å². The van der Waals surface area contributed by atoms with Crippen molar-refractivity contribution in [2.24, 2.45) is 0 Å². The first-order valence-electron chi connectivity index (χ1n) is 6.91. The van der Waals surface area contributed by atoms with Crippen molar-refractivity contribution in [3.63, 3.8) is 0 Å². The van der Waals surface area contributed by atoms with Crippen LogP contribution in [0.2, 0.25) is 20.1 Å². The summed E-state index contributed by atoms with van der Waals surface area (Å²) >= 11 is 24.4. The van der Waals surface area contributed by atoms with E-state index in [1.54, 1.807) is 24.3 Å². The van der Waals surface area contributed by atoms with Crippen LogP contribution in [0.4, 0.5) is 4.39 Å². The molecule has 6 heteroatoms. The van der Waals surface area contributed by atoms with Crippen molar-refractivity contribution < 1.29 is 4.39 Å². The van der Waals surface area contributed by atoms with Gasteiger partial charge in [0.15, 0.2) is 0 Å². The summed E-state index contributed by atoms with van der Waals surface area (Å²) in [5.74, 6) is -0.281. The molecule has 24 heavy (non-hydrogen) atoms. The predicted octanol–water partition coefficient (Wildman–Crippen LogP) is 6.20. The fraction of sp³-hybridized carbons (Fsp3) is 0. The van der Waals surface area contributed by atoms with Gasteiger partial charge in [0.1, 0.15) is 5.82 Å². The SMILES string of the molecule is Fc1ccc(P(c2ccc(Cl)c(Cl)c2)c2ccc(Cl)c(Cl)c2)cc1. The maximum atomic E-state index is 13.3. The van der Waals surface area contributed by atoms with Gasteiger partial charge in [-0.1, -0.05) is 70.7 Å². The van der Waals surface area contributed by atoms with Crippen LogP contribution in [-0.2, 0) is 0 Å². The van der Waals surface area contributed by atoms with Gasteiger partial charge in [0, 0.05) is 0 Å². The molecule has 3 aromatic rings. The smallest absolute Gasteiger partial charge is 0.123 e. The summed E-state index contributed by atoms with van der Waals surface area (Å²) in [5.41, 5.74) is 0. The highest BCUT2D eigenvalue weighted by molar-refractivity contribution is 7.79. The molecule has 0 aromatic heterocycles. The summed E-state index contributed by atoms with van der Waals surface area (Å²) in [6.07, 6.45) is 0. The average molecular weight is 418 g/mol. The molecule has 0 fully saturated rings. The summed E-state index contributed by atoms with van der Waals surface area (Å²) in [4.78, 5) is 0. The lowest BCUT2D eigenvalue weighted by Gasteiger charge is -2.20. The molecule has 3 aromatic carbocycles. The van der Waals surface area contributed by atoms with Gasteiger partial charge in [-0.3, -0.25) is 0 Å². The molecule has 0 radical (unpaired) electrons. The Bertz CT molecular complexity index is 829. The first-order valence-corrected chi connectivity index (χ1v) is 9.77. The van der Waals surface area contributed by atoms with E-state index >= 15 is 0 Å². The molecule has 3 rings (SSSR count). The zero-order valence-corrected chi connectivity index (χ0v) is 16.0. The minimum atomic E-state index is -0.968. The Balaban J connectivity index is 2.17. The van der Waals surface area contributed by atoms with E-state index in [1.807, 2.05) is 24.3 Å². The Hall–Kier alpha value is -0.820. The van der Waals surface area contributed by atoms with E-state index in [2.05, 4.69) is 0 Å². The van der Waals surface area contributed by atoms with Crippen molar-refractivity contribution in [3.8, 4) is 0 Å². The van der Waals surface area contributed by atoms with E-state index in [-0.39, 0.29) is 5.82 Å². The topological polar surface area (TPSA) is 0 Å². The molecule has 0 aliphatic heterocycles. The van der Waals surface area contributed by atoms with Gasteiger partial charge in [-0.15, -0.1) is 0 Å². The first-order chi connectivity index (χ1) is 11.5. The quantitative estimate of drug-likeness (QED) is 0.445. The molecule has 0 spiro atoms. The van der Waals surface area contributed by atoms with Gasteiger partial charge in [0.25, 0.3) is 0 Å². The Labute approximate surface area is 160 Å². The molecule has 0 atom stereocenters. The monoisotopic (exact) mass is 416 g/mol. The lowest BCUT2D eigenvalue weighted by molar-refractivity contribution is 0.628. The van der Waals surface area contributed by atoms with Crippen LogP contribution in [0.15, 0.2) is 60.7 Å². The van der Waals surface area contributed by atoms with Crippen molar-refractivity contribution in [1.82, 2.24) is 0 Å². The molecular formula is C18H10Cl4FP. The van der Waals surface area contributed by atoms with E-state index in [1.165, 1.54) is 12.1 Å². The zero-order valence-electron chi connectivity index (χ0n) is 12.1. The van der Waals surface area contributed by atoms with Crippen molar-refractivity contribution in [1.29, 1.82) is 0 Å². The Morgan fingerprint density at radius 2 is 0.958 bits per heavy atom. The number of hydrogen-bond acceptors (Lipinski definition) is 0. The summed E-state index contributed by atoms with van der Waals surface area (Å²) in [7, 11) is -0.968. The van der Waals surface area contributed by atoms with Gasteiger partial charge in [-0.05, 0) is 60.2 Å². The number of rotatable bonds is 3. The van der Waals surface area contributed by atoms with Crippen LogP contribution in [0.3, 0.4) is 0 Å². The summed E-state index contributed by atoms with van der Waals surface area (Å²) < 4.78 is 13.3. The van der Waals surface area contributed by atoms with Gasteiger partial charge >= 0.3 is 0 Å². The molecular weight excluding hydrogens is 408 g/mol. The Morgan fingerprint density at radius 1 is 0.542 bits per heavy atom. The molecule has 0 amide bonds. The molecule has 0 unspecified atom stereocenters. The molecule has 122 valence electrons. The molecule has 0 aliphatic carbocycles. The molecule has 0 heterocycles. The first kappa shape index (κ1) is 18.0. The second-order valence-electron chi connectivity index (χ2n) is 5.01. The normalized spacial score (nSPS) is 11.1. The van der Waals surface area contributed by atoms with E-state index in [0.717, 1.165) is 15.9 Å². The van der Waals surface area contributed by atoms with Crippen molar-refractivity contribution in [2.45, 2.75) is 0 Å². The molecule has 0 N–H and O–H groups in total. The summed E-state index contributed by atoms with van der Waals surface area (Å²) in [6, 6.07) is 17.5. The second-order valence-corrected chi connectivity index (χ2v) is 8.86. The number of halogens is 5. The van der Waals surface area contributed by atoms with Gasteiger partial charge in [0.05, 0.1) is 20.1 Å². The fourth-order valence-corrected chi connectivity index (χ4v) is 5.34. The lowest BCUT2D eigenvalue weighted by Crippen LogP contribution is -2.20. The highest BCUT2D eigenvalue weighted by atomic mass is 35.5. The van der Waals surface area contributed by atoms with Crippen LogP contribution in [-0.4, -0.2) is 0 Å². The Kier molecular flexibility index (Phi) is 5.70. The lowest BCUT2D eigenvalue weighted by atomic mass is 10.3. The van der Waals surface area contributed by atoms with Crippen molar-refractivity contribution >= 4 is 70.2 Å². The van der Waals surface area contributed by atoms with Crippen LogP contribution in [0.25, 0.3) is 0 Å². The molecule has 0 nitrogen and oxygen atoms in total. The molecule has 0 saturated heterocycles. The summed E-state index contributed by atoms with van der Waals surface area (Å²) in [5, 5.41) is 4.89. The third-order valence-corrected chi connectivity index (χ3v) is 7.29. The third kappa shape index (κ3) is 3.87. The molecule has 0 bridgehead atoms. The number of benzene rings is 3. The Morgan fingerprint density at radius 3 is 1.38 bits per heavy atom. The average Bonchev–Trinajstić information content (AvgIpc) is 2.56. The molecule has 0 aliphatic rings. The largest absolute Gasteiger partial charge is 0.207 e. The van der Waals surface area contributed by atoms with E-state index in [0.29, 0.717) is 20.1 Å². The highest BCUT2D eigenvalue weighted by Crippen LogP contribution is 2.36. The van der Waals surface area contributed by atoms with Gasteiger partial charge in [0.2, 0.25) is 0 Å². The highest BCUT2D eigenvalue weighted by Gasteiger charge is 2.18. The van der Waals surface area contributed by atoms with Crippen LogP contribution < -0.4 is 15.9 Å². The van der Waals surface area contributed by atoms with Gasteiger partial charge < -0.3 is 0 Å². The third-order valence-electron chi connectivity index (χ3n) is 3.41. The molecule has 0 saturated carbocycles. The fourth-order valence-electron chi connectivity index (χ4n) is 2.29.